The van der Waals surface area contributed by atoms with Crippen molar-refractivity contribution >= 4 is 6.01 Å². The van der Waals surface area contributed by atoms with Crippen molar-refractivity contribution in [3.05, 3.63) is 0 Å². The van der Waals surface area contributed by atoms with E-state index in [1.165, 1.54) is 38.5 Å². The molecule has 0 heterocycles. The van der Waals surface area contributed by atoms with Gasteiger partial charge in [-0.3, -0.25) is 0 Å². The monoisotopic (exact) mass is 194 g/mol. The Morgan fingerprint density at radius 1 is 1.29 bits per heavy atom. The molecule has 1 unspecified atom stereocenters. The van der Waals surface area contributed by atoms with Gasteiger partial charge in [-0.25, -0.2) is 9.98 Å². The molecule has 14 heavy (non-hydrogen) atoms. The lowest BCUT2D eigenvalue weighted by atomic mass is 9.96. The van der Waals surface area contributed by atoms with Crippen LogP contribution in [0.15, 0.2) is 9.98 Å². The predicted octanol–water partition coefficient (Wildman–Crippen LogP) is 3.68. The topological polar surface area (TPSA) is 24.7 Å². The molecule has 2 nitrogen and oxygen atoms in total. The van der Waals surface area contributed by atoms with Gasteiger partial charge in [-0.1, -0.05) is 32.6 Å². The summed E-state index contributed by atoms with van der Waals surface area (Å²) in [5.74, 6) is 0. The lowest BCUT2D eigenvalue weighted by Gasteiger charge is -2.15. The summed E-state index contributed by atoms with van der Waals surface area (Å²) < 4.78 is 0. The molecular weight excluding hydrogens is 172 g/mol. The van der Waals surface area contributed by atoms with Crippen LogP contribution in [0.3, 0.4) is 0 Å². The van der Waals surface area contributed by atoms with E-state index in [-0.39, 0.29) is 0 Å². The zero-order valence-corrected chi connectivity index (χ0v) is 9.50. The van der Waals surface area contributed by atoms with Gasteiger partial charge in [0.05, 0.1) is 18.1 Å². The van der Waals surface area contributed by atoms with Crippen molar-refractivity contribution in [2.75, 3.05) is 0 Å². The lowest BCUT2D eigenvalue weighted by Crippen LogP contribution is -2.08. The first-order valence-corrected chi connectivity index (χ1v) is 5.97. The van der Waals surface area contributed by atoms with Crippen LogP contribution < -0.4 is 0 Å². The molecule has 80 valence electrons. The maximum atomic E-state index is 4.39. The summed E-state index contributed by atoms with van der Waals surface area (Å²) in [4.78, 5) is 8.68. The number of rotatable bonds is 4. The third-order valence-electron chi connectivity index (χ3n) is 2.80. The van der Waals surface area contributed by atoms with E-state index in [1.807, 2.05) is 0 Å². The van der Waals surface area contributed by atoms with Crippen LogP contribution in [0.25, 0.3) is 0 Å². The van der Waals surface area contributed by atoms with Crippen LogP contribution in [0.4, 0.5) is 0 Å². The van der Waals surface area contributed by atoms with Crippen LogP contribution in [0.1, 0.15) is 58.8 Å². The van der Waals surface area contributed by atoms with Crippen LogP contribution in [0.5, 0.6) is 0 Å². The van der Waals surface area contributed by atoms with Gasteiger partial charge in [-0.15, -0.1) is 0 Å². The van der Waals surface area contributed by atoms with Gasteiger partial charge in [0.15, 0.2) is 0 Å². The van der Waals surface area contributed by atoms with E-state index in [4.69, 9.17) is 0 Å². The van der Waals surface area contributed by atoms with Gasteiger partial charge in [0.25, 0.3) is 0 Å². The second-order valence-electron chi connectivity index (χ2n) is 4.29. The Morgan fingerprint density at radius 2 is 2.00 bits per heavy atom. The molecule has 1 aliphatic rings. The summed E-state index contributed by atoms with van der Waals surface area (Å²) in [7, 11) is 0. The summed E-state index contributed by atoms with van der Waals surface area (Å²) in [6.07, 6.45) is 8.87. The highest BCUT2D eigenvalue weighted by molar-refractivity contribution is 5.42. The largest absolute Gasteiger partial charge is 0.223 e. The quantitative estimate of drug-likeness (QED) is 0.610. The average Bonchev–Trinajstić information content (AvgIpc) is 2.20. The van der Waals surface area contributed by atoms with E-state index in [2.05, 4.69) is 29.8 Å². The fourth-order valence-corrected chi connectivity index (χ4v) is 1.91. The fraction of sp³-hybridized carbons (Fsp3) is 0.917. The van der Waals surface area contributed by atoms with E-state index in [9.17, 15) is 0 Å². The molecule has 0 spiro atoms. The van der Waals surface area contributed by atoms with Gasteiger partial charge in [-0.2, -0.15) is 0 Å². The van der Waals surface area contributed by atoms with Crippen molar-refractivity contribution in [2.45, 2.75) is 70.9 Å². The third kappa shape index (κ3) is 4.57. The molecule has 0 aromatic heterocycles. The normalized spacial score (nSPS) is 19.9. The van der Waals surface area contributed by atoms with E-state index < -0.39 is 0 Å². The number of hydrogen-bond donors (Lipinski definition) is 0. The molecule has 0 N–H and O–H groups in total. The molecule has 1 aliphatic carbocycles. The summed E-state index contributed by atoms with van der Waals surface area (Å²) in [6.45, 7) is 4.32. The van der Waals surface area contributed by atoms with Crippen molar-refractivity contribution in [3.8, 4) is 0 Å². The Kier molecular flexibility index (Phi) is 5.55. The molecule has 1 rings (SSSR count). The molecule has 0 aliphatic heterocycles. The summed E-state index contributed by atoms with van der Waals surface area (Å²) in [5.41, 5.74) is 0. The molecule has 0 bridgehead atoms. The number of nitrogens with zero attached hydrogens (tertiary/aromatic N) is 2. The van der Waals surface area contributed by atoms with E-state index in [0.29, 0.717) is 12.1 Å². The average molecular weight is 194 g/mol. The highest BCUT2D eigenvalue weighted by Crippen LogP contribution is 2.19. The molecule has 0 amide bonds. The van der Waals surface area contributed by atoms with Crippen molar-refractivity contribution < 1.29 is 0 Å². The SMILES string of the molecule is CCCC(C)N=C=NC1CCCCC1. The predicted molar refractivity (Wildman–Crippen MR) is 61.1 cm³/mol. The van der Waals surface area contributed by atoms with E-state index in [1.54, 1.807) is 0 Å². The Labute approximate surface area is 87.5 Å². The van der Waals surface area contributed by atoms with Gasteiger partial charge in [0, 0.05) is 0 Å². The lowest BCUT2D eigenvalue weighted by molar-refractivity contribution is 0.444. The number of hydrogen-bond acceptors (Lipinski definition) is 2. The maximum Gasteiger partial charge on any atom is 0.0898 e. The molecule has 0 saturated heterocycles. The molecular formula is C12H22N2. The molecule has 1 fully saturated rings. The van der Waals surface area contributed by atoms with E-state index >= 15 is 0 Å². The second kappa shape index (κ2) is 6.78. The van der Waals surface area contributed by atoms with Crippen LogP contribution in [-0.4, -0.2) is 18.1 Å². The zero-order valence-electron chi connectivity index (χ0n) is 9.50. The maximum absolute atomic E-state index is 4.39. The number of aliphatic imine (C=N–C) groups is 2. The highest BCUT2D eigenvalue weighted by atomic mass is 14.9. The Hall–Kier alpha value is -0.620. The van der Waals surface area contributed by atoms with Crippen molar-refractivity contribution in [3.63, 3.8) is 0 Å². The smallest absolute Gasteiger partial charge is 0.0898 e. The van der Waals surface area contributed by atoms with E-state index in [0.717, 1.165) is 6.42 Å². The van der Waals surface area contributed by atoms with Crippen LogP contribution in [0, 0.1) is 0 Å². The summed E-state index contributed by atoms with van der Waals surface area (Å²) in [6, 6.07) is 3.80. The summed E-state index contributed by atoms with van der Waals surface area (Å²) in [5, 5.41) is 0. The molecule has 0 aromatic rings. The summed E-state index contributed by atoms with van der Waals surface area (Å²) >= 11 is 0. The Bertz CT molecular complexity index is 198. The molecule has 1 saturated carbocycles. The van der Waals surface area contributed by atoms with Crippen LogP contribution >= 0.6 is 0 Å². The van der Waals surface area contributed by atoms with Crippen molar-refractivity contribution in [1.29, 1.82) is 0 Å². The molecule has 2 heteroatoms. The third-order valence-corrected chi connectivity index (χ3v) is 2.80. The minimum absolute atomic E-state index is 0.396. The van der Waals surface area contributed by atoms with Gasteiger partial charge in [-0.05, 0) is 26.2 Å². The first-order chi connectivity index (χ1) is 6.83. The van der Waals surface area contributed by atoms with Crippen molar-refractivity contribution in [2.24, 2.45) is 9.98 Å². The molecule has 0 radical (unpaired) electrons. The van der Waals surface area contributed by atoms with Crippen LogP contribution in [0.2, 0.25) is 0 Å². The first kappa shape index (κ1) is 11.5. The van der Waals surface area contributed by atoms with Crippen molar-refractivity contribution in [1.82, 2.24) is 0 Å². The standard InChI is InChI=1S/C12H22N2/c1-3-7-11(2)13-10-14-12-8-5-4-6-9-12/h11-12H,3-9H2,1-2H3. The Balaban J connectivity index is 2.29. The zero-order chi connectivity index (χ0) is 10.2. The highest BCUT2D eigenvalue weighted by Gasteiger charge is 2.10. The minimum Gasteiger partial charge on any atom is -0.223 e. The van der Waals surface area contributed by atoms with Gasteiger partial charge >= 0.3 is 0 Å². The van der Waals surface area contributed by atoms with Gasteiger partial charge < -0.3 is 0 Å². The minimum atomic E-state index is 0.396. The Morgan fingerprint density at radius 3 is 2.64 bits per heavy atom. The first-order valence-electron chi connectivity index (χ1n) is 5.97. The molecule has 1 atom stereocenters. The second-order valence-corrected chi connectivity index (χ2v) is 4.29. The molecule has 0 aromatic carbocycles. The fourth-order valence-electron chi connectivity index (χ4n) is 1.91. The van der Waals surface area contributed by atoms with Crippen LogP contribution in [-0.2, 0) is 0 Å². The van der Waals surface area contributed by atoms with Gasteiger partial charge in [0.1, 0.15) is 0 Å². The van der Waals surface area contributed by atoms with Gasteiger partial charge in [0.2, 0.25) is 0 Å².